The summed E-state index contributed by atoms with van der Waals surface area (Å²) in [6.07, 6.45) is 5.86. The van der Waals surface area contributed by atoms with Gasteiger partial charge in [0.1, 0.15) is 0 Å². The lowest BCUT2D eigenvalue weighted by Crippen LogP contribution is -2.07. The Labute approximate surface area is 111 Å². The predicted octanol–water partition coefficient (Wildman–Crippen LogP) is 2.79. The van der Waals surface area contributed by atoms with Crippen molar-refractivity contribution in [1.29, 1.82) is 0 Å². The molecule has 0 aliphatic heterocycles. The van der Waals surface area contributed by atoms with Gasteiger partial charge in [-0.05, 0) is 11.6 Å². The molecule has 0 spiro atoms. The zero-order valence-electron chi connectivity index (χ0n) is 10.3. The first-order valence-corrected chi connectivity index (χ1v) is 5.58. The van der Waals surface area contributed by atoms with Crippen LogP contribution in [0.1, 0.15) is 12.0 Å². The maximum atomic E-state index is 11.3. The number of rotatable bonds is 6. The molecule has 1 rings (SSSR count). The van der Waals surface area contributed by atoms with Gasteiger partial charge in [0.15, 0.2) is 0 Å². The Kier molecular flexibility index (Phi) is 5.82. The molecule has 0 aliphatic carbocycles. The summed E-state index contributed by atoms with van der Waals surface area (Å²) in [5.41, 5.74) is 0.929. The van der Waals surface area contributed by atoms with Gasteiger partial charge in [0.2, 0.25) is 0 Å². The van der Waals surface area contributed by atoms with E-state index in [-0.39, 0.29) is 5.57 Å². The van der Waals surface area contributed by atoms with Crippen molar-refractivity contribution in [3.8, 4) is 0 Å². The summed E-state index contributed by atoms with van der Waals surface area (Å²) in [4.78, 5) is 21.6. The van der Waals surface area contributed by atoms with E-state index in [2.05, 4.69) is 6.58 Å². The third-order valence-electron chi connectivity index (χ3n) is 2.11. The lowest BCUT2D eigenvalue weighted by Gasteiger charge is -1.99. The fourth-order valence-corrected chi connectivity index (χ4v) is 1.22. The Hall–Kier alpha value is -2.62. The molecular weight excluding hydrogens is 244 g/mol. The van der Waals surface area contributed by atoms with Crippen molar-refractivity contribution in [3.63, 3.8) is 0 Å². The van der Waals surface area contributed by atoms with E-state index in [4.69, 9.17) is 9.84 Å². The monoisotopic (exact) mass is 258 g/mol. The van der Waals surface area contributed by atoms with E-state index >= 15 is 0 Å². The second kappa shape index (κ2) is 7.66. The molecule has 0 saturated carbocycles. The number of carbonyl (C=O) groups excluding carboxylic acids is 1. The Bertz CT molecular complexity index is 512. The van der Waals surface area contributed by atoms with E-state index in [0.29, 0.717) is 0 Å². The van der Waals surface area contributed by atoms with E-state index in [9.17, 15) is 9.59 Å². The van der Waals surface area contributed by atoms with Crippen LogP contribution in [0.4, 0.5) is 0 Å². The van der Waals surface area contributed by atoms with Gasteiger partial charge in [-0.3, -0.25) is 4.79 Å². The average molecular weight is 258 g/mol. The fraction of sp³-hybridized carbons (Fsp3) is 0.0667. The molecule has 19 heavy (non-hydrogen) atoms. The molecule has 0 bridgehead atoms. The van der Waals surface area contributed by atoms with Gasteiger partial charge >= 0.3 is 11.9 Å². The number of carbonyl (C=O) groups is 2. The van der Waals surface area contributed by atoms with Crippen LogP contribution in [0.3, 0.4) is 0 Å². The summed E-state index contributed by atoms with van der Waals surface area (Å²) in [7, 11) is 0. The SMILES string of the molecule is C=C(CC(=O)O)C(=O)OC=CC=Cc1ccccc1. The van der Waals surface area contributed by atoms with Crippen LogP contribution in [-0.2, 0) is 14.3 Å². The van der Waals surface area contributed by atoms with Crippen molar-refractivity contribution < 1.29 is 19.4 Å². The Morgan fingerprint density at radius 3 is 2.53 bits per heavy atom. The highest BCUT2D eigenvalue weighted by atomic mass is 16.5. The molecular formula is C15H14O4. The topological polar surface area (TPSA) is 63.6 Å². The maximum absolute atomic E-state index is 11.3. The lowest BCUT2D eigenvalue weighted by molar-refractivity contribution is -0.140. The largest absolute Gasteiger partial charge is 0.481 e. The molecule has 0 amide bonds. The first kappa shape index (κ1) is 14.4. The minimum Gasteiger partial charge on any atom is -0.481 e. The molecule has 0 atom stereocenters. The molecule has 0 saturated heterocycles. The first-order valence-electron chi connectivity index (χ1n) is 5.58. The number of carboxylic acids is 1. The van der Waals surface area contributed by atoms with E-state index in [1.165, 1.54) is 6.26 Å². The van der Waals surface area contributed by atoms with Gasteiger partial charge in [0, 0.05) is 5.57 Å². The normalized spacial score (nSPS) is 10.7. The second-order valence-corrected chi connectivity index (χ2v) is 3.68. The lowest BCUT2D eigenvalue weighted by atomic mass is 10.2. The molecule has 4 nitrogen and oxygen atoms in total. The van der Waals surface area contributed by atoms with E-state index in [1.807, 2.05) is 36.4 Å². The van der Waals surface area contributed by atoms with Gasteiger partial charge in [-0.15, -0.1) is 0 Å². The number of allylic oxidation sites excluding steroid dienone is 2. The van der Waals surface area contributed by atoms with Gasteiger partial charge < -0.3 is 9.84 Å². The molecule has 0 aliphatic rings. The number of esters is 1. The molecule has 0 unspecified atom stereocenters. The predicted molar refractivity (Wildman–Crippen MR) is 72.1 cm³/mol. The molecule has 4 heteroatoms. The van der Waals surface area contributed by atoms with Crippen molar-refractivity contribution in [3.05, 3.63) is 66.5 Å². The fourth-order valence-electron chi connectivity index (χ4n) is 1.22. The van der Waals surface area contributed by atoms with Crippen molar-refractivity contribution >= 4 is 18.0 Å². The Morgan fingerprint density at radius 1 is 1.21 bits per heavy atom. The zero-order chi connectivity index (χ0) is 14.1. The molecule has 98 valence electrons. The van der Waals surface area contributed by atoms with Crippen LogP contribution >= 0.6 is 0 Å². The molecule has 0 fully saturated rings. The summed E-state index contributed by atoms with van der Waals surface area (Å²) in [6.45, 7) is 3.33. The van der Waals surface area contributed by atoms with Crippen LogP contribution in [0, 0.1) is 0 Å². The van der Waals surface area contributed by atoms with Crippen LogP contribution in [-0.4, -0.2) is 17.0 Å². The summed E-state index contributed by atoms with van der Waals surface area (Å²) >= 11 is 0. The van der Waals surface area contributed by atoms with Crippen LogP contribution in [0.15, 0.2) is 60.9 Å². The van der Waals surface area contributed by atoms with Crippen LogP contribution in [0.2, 0.25) is 0 Å². The molecule has 0 aromatic heterocycles. The van der Waals surface area contributed by atoms with Gasteiger partial charge in [-0.25, -0.2) is 4.79 Å². The van der Waals surface area contributed by atoms with Crippen LogP contribution in [0.5, 0.6) is 0 Å². The number of benzene rings is 1. The van der Waals surface area contributed by atoms with Crippen molar-refractivity contribution in [2.75, 3.05) is 0 Å². The minimum atomic E-state index is -1.12. The van der Waals surface area contributed by atoms with Crippen molar-refractivity contribution in [2.24, 2.45) is 0 Å². The summed E-state index contributed by atoms with van der Waals surface area (Å²) in [5, 5.41) is 8.47. The number of aliphatic carboxylic acids is 1. The number of carboxylic acid groups (broad SMARTS) is 1. The van der Waals surface area contributed by atoms with Gasteiger partial charge in [0.25, 0.3) is 0 Å². The molecule has 0 heterocycles. The maximum Gasteiger partial charge on any atom is 0.338 e. The van der Waals surface area contributed by atoms with Crippen molar-refractivity contribution in [1.82, 2.24) is 0 Å². The Balaban J connectivity index is 2.38. The highest BCUT2D eigenvalue weighted by molar-refractivity contribution is 5.93. The number of ether oxygens (including phenoxy) is 1. The molecule has 1 aromatic carbocycles. The average Bonchev–Trinajstić information content (AvgIpc) is 2.38. The smallest absolute Gasteiger partial charge is 0.338 e. The molecule has 1 N–H and O–H groups in total. The van der Waals surface area contributed by atoms with Crippen LogP contribution in [0.25, 0.3) is 6.08 Å². The van der Waals surface area contributed by atoms with E-state index < -0.39 is 18.4 Å². The molecule has 1 aromatic rings. The van der Waals surface area contributed by atoms with Gasteiger partial charge in [-0.1, -0.05) is 49.1 Å². The van der Waals surface area contributed by atoms with E-state index in [0.717, 1.165) is 5.56 Å². The first-order chi connectivity index (χ1) is 9.09. The summed E-state index contributed by atoms with van der Waals surface area (Å²) in [6, 6.07) is 9.62. The zero-order valence-corrected chi connectivity index (χ0v) is 10.3. The molecule has 0 radical (unpaired) electrons. The van der Waals surface area contributed by atoms with Crippen LogP contribution < -0.4 is 0 Å². The Morgan fingerprint density at radius 2 is 1.89 bits per heavy atom. The van der Waals surface area contributed by atoms with Gasteiger partial charge in [0.05, 0.1) is 12.7 Å². The standard InChI is InChI=1S/C15H14O4/c1-12(11-14(16)17)15(18)19-10-6-5-9-13-7-3-2-4-8-13/h2-10H,1,11H2,(H,16,17). The second-order valence-electron chi connectivity index (χ2n) is 3.68. The highest BCUT2D eigenvalue weighted by Crippen LogP contribution is 2.03. The highest BCUT2D eigenvalue weighted by Gasteiger charge is 2.10. The van der Waals surface area contributed by atoms with Gasteiger partial charge in [-0.2, -0.15) is 0 Å². The third kappa shape index (κ3) is 6.02. The summed E-state index contributed by atoms with van der Waals surface area (Å²) < 4.78 is 4.71. The quantitative estimate of drug-likeness (QED) is 0.369. The van der Waals surface area contributed by atoms with E-state index in [1.54, 1.807) is 12.2 Å². The minimum absolute atomic E-state index is 0.0933. The third-order valence-corrected chi connectivity index (χ3v) is 2.11. The summed E-state index contributed by atoms with van der Waals surface area (Å²) in [5.74, 6) is -1.86. The van der Waals surface area contributed by atoms with Crippen molar-refractivity contribution in [2.45, 2.75) is 6.42 Å². The number of hydrogen-bond acceptors (Lipinski definition) is 3. The number of hydrogen-bond donors (Lipinski definition) is 1.